The van der Waals surface area contributed by atoms with Crippen molar-refractivity contribution in [3.63, 3.8) is 0 Å². The van der Waals surface area contributed by atoms with Crippen LogP contribution in [0.2, 0.25) is 0 Å². The van der Waals surface area contributed by atoms with Crippen LogP contribution < -0.4 is 14.9 Å². The minimum atomic E-state index is -3.76. The maximum absolute atomic E-state index is 12.7. The topological polar surface area (TPSA) is 79.7 Å². The lowest BCUT2D eigenvalue weighted by atomic mass is 10.1. The van der Waals surface area contributed by atoms with Crippen molar-refractivity contribution < 1.29 is 18.1 Å². The van der Waals surface area contributed by atoms with Crippen LogP contribution in [-0.4, -0.2) is 40.5 Å². The van der Waals surface area contributed by atoms with Gasteiger partial charge in [0.15, 0.2) is 0 Å². The highest BCUT2D eigenvalue weighted by atomic mass is 32.2. The van der Waals surface area contributed by atoms with Gasteiger partial charge in [-0.3, -0.25) is 9.52 Å². The van der Waals surface area contributed by atoms with Crippen LogP contribution in [0.25, 0.3) is 0 Å². The third-order valence-corrected chi connectivity index (χ3v) is 6.61. The highest BCUT2D eigenvalue weighted by Crippen LogP contribution is 2.18. The molecule has 0 atom stereocenters. The molecule has 1 fully saturated rings. The summed E-state index contributed by atoms with van der Waals surface area (Å²) in [4.78, 5) is 14.1. The fourth-order valence-corrected chi connectivity index (χ4v) is 4.77. The fraction of sp³-hybridized carbons (Fsp3) is 0.409. The van der Waals surface area contributed by atoms with Crippen LogP contribution in [-0.2, 0) is 10.0 Å². The summed E-state index contributed by atoms with van der Waals surface area (Å²) >= 11 is 0. The largest absolute Gasteiger partial charge is 0.352 e. The molecule has 156 valence electrons. The molecule has 0 bridgehead atoms. The summed E-state index contributed by atoms with van der Waals surface area (Å²) in [6.07, 6.45) is 4.84. The number of nitrogens with one attached hydrogen (secondary N) is 3. The molecule has 2 aromatic rings. The minimum absolute atomic E-state index is 0.0735. The van der Waals surface area contributed by atoms with Crippen molar-refractivity contribution in [3.8, 4) is 0 Å². The second kappa shape index (κ2) is 9.89. The van der Waals surface area contributed by atoms with Gasteiger partial charge in [0.05, 0.1) is 24.5 Å². The van der Waals surface area contributed by atoms with E-state index < -0.39 is 10.0 Å². The van der Waals surface area contributed by atoms with Crippen molar-refractivity contribution in [2.45, 2.75) is 37.5 Å². The van der Waals surface area contributed by atoms with Crippen LogP contribution in [0.4, 0.5) is 5.69 Å². The van der Waals surface area contributed by atoms with Crippen molar-refractivity contribution in [1.29, 1.82) is 0 Å². The Morgan fingerprint density at radius 3 is 2.55 bits per heavy atom. The van der Waals surface area contributed by atoms with Gasteiger partial charge in [-0.25, -0.2) is 8.42 Å². The molecule has 1 amide bonds. The molecule has 1 heterocycles. The van der Waals surface area contributed by atoms with E-state index in [1.54, 1.807) is 35.2 Å². The molecule has 7 heteroatoms. The normalized spacial score (nSPS) is 15.1. The van der Waals surface area contributed by atoms with Gasteiger partial charge in [-0.05, 0) is 62.1 Å². The molecule has 0 aliphatic carbocycles. The molecule has 3 N–H and O–H groups in total. The summed E-state index contributed by atoms with van der Waals surface area (Å²) in [5.74, 6) is -0.244. The maximum atomic E-state index is 12.7. The monoisotopic (exact) mass is 416 g/mol. The SMILES string of the molecule is Cc1cccc(NS(=O)(=O)c2cccc(C(=O)NCCC[NH+]3CCCCC3)c2)c1. The predicted molar refractivity (Wildman–Crippen MR) is 115 cm³/mol. The van der Waals surface area contributed by atoms with Crippen LogP contribution in [0.1, 0.15) is 41.6 Å². The zero-order valence-electron chi connectivity index (χ0n) is 16.9. The van der Waals surface area contributed by atoms with E-state index in [9.17, 15) is 13.2 Å². The molecule has 2 aromatic carbocycles. The number of piperidine rings is 1. The number of sulfonamides is 1. The van der Waals surface area contributed by atoms with E-state index in [1.165, 1.54) is 44.5 Å². The standard InChI is InChI=1S/C22H29N3O3S/c1-18-8-5-10-20(16-18)24-29(27,28)21-11-6-9-19(17-21)22(26)23-12-7-15-25-13-3-2-4-14-25/h5-6,8-11,16-17,24H,2-4,7,12-15H2,1H3,(H,23,26)/p+1. The number of likely N-dealkylation sites (tertiary alicyclic amines) is 1. The summed E-state index contributed by atoms with van der Waals surface area (Å²) in [5.41, 5.74) is 1.81. The fourth-order valence-electron chi connectivity index (χ4n) is 3.67. The molecule has 0 saturated carbocycles. The van der Waals surface area contributed by atoms with E-state index >= 15 is 0 Å². The van der Waals surface area contributed by atoms with Crippen LogP contribution in [0.5, 0.6) is 0 Å². The van der Waals surface area contributed by atoms with Gasteiger partial charge in [0.1, 0.15) is 0 Å². The van der Waals surface area contributed by atoms with Crippen molar-refractivity contribution >= 4 is 21.6 Å². The zero-order valence-corrected chi connectivity index (χ0v) is 17.7. The first-order chi connectivity index (χ1) is 13.9. The Bertz CT molecular complexity index is 938. The number of amides is 1. The molecule has 3 rings (SSSR count). The molecular weight excluding hydrogens is 386 g/mol. The average Bonchev–Trinajstić information content (AvgIpc) is 2.71. The predicted octanol–water partition coefficient (Wildman–Crippen LogP) is 1.98. The first kappa shape index (κ1) is 21.3. The van der Waals surface area contributed by atoms with Crippen molar-refractivity contribution in [1.82, 2.24) is 5.32 Å². The number of quaternary nitrogens is 1. The Labute approximate surface area is 173 Å². The smallest absolute Gasteiger partial charge is 0.261 e. The average molecular weight is 417 g/mol. The third-order valence-electron chi connectivity index (χ3n) is 5.23. The van der Waals surface area contributed by atoms with Crippen LogP contribution in [0.3, 0.4) is 0 Å². The Kier molecular flexibility index (Phi) is 7.28. The lowest BCUT2D eigenvalue weighted by Gasteiger charge is -2.23. The van der Waals surface area contributed by atoms with Gasteiger partial charge in [-0.1, -0.05) is 18.2 Å². The number of aryl methyl sites for hydroxylation is 1. The number of hydrogen-bond acceptors (Lipinski definition) is 3. The van der Waals surface area contributed by atoms with Gasteiger partial charge in [0.2, 0.25) is 0 Å². The molecule has 6 nitrogen and oxygen atoms in total. The van der Waals surface area contributed by atoms with Gasteiger partial charge in [-0.15, -0.1) is 0 Å². The second-order valence-corrected chi connectivity index (χ2v) is 9.36. The lowest BCUT2D eigenvalue weighted by Crippen LogP contribution is -3.12. The Hall–Kier alpha value is -2.38. The summed E-state index contributed by atoms with van der Waals surface area (Å²) < 4.78 is 27.9. The van der Waals surface area contributed by atoms with E-state index in [1.807, 2.05) is 13.0 Å². The molecule has 0 unspecified atom stereocenters. The molecule has 0 radical (unpaired) electrons. The summed E-state index contributed by atoms with van der Waals surface area (Å²) in [6.45, 7) is 6.01. The number of hydrogen-bond donors (Lipinski definition) is 3. The maximum Gasteiger partial charge on any atom is 0.261 e. The first-order valence-corrected chi connectivity index (χ1v) is 11.7. The van der Waals surface area contributed by atoms with E-state index in [0.29, 0.717) is 17.8 Å². The van der Waals surface area contributed by atoms with Crippen LogP contribution >= 0.6 is 0 Å². The molecule has 1 saturated heterocycles. The van der Waals surface area contributed by atoms with E-state index in [-0.39, 0.29) is 10.8 Å². The van der Waals surface area contributed by atoms with E-state index in [0.717, 1.165) is 18.5 Å². The number of anilines is 1. The zero-order chi connectivity index (χ0) is 20.7. The molecular formula is C22H30N3O3S+. The van der Waals surface area contributed by atoms with Gasteiger partial charge >= 0.3 is 0 Å². The van der Waals surface area contributed by atoms with E-state index in [4.69, 9.17) is 0 Å². The highest BCUT2D eigenvalue weighted by molar-refractivity contribution is 7.92. The van der Waals surface area contributed by atoms with E-state index in [2.05, 4.69) is 10.0 Å². The van der Waals surface area contributed by atoms with Crippen molar-refractivity contribution in [2.75, 3.05) is 30.9 Å². The number of carbonyl (C=O) groups is 1. The summed E-state index contributed by atoms with van der Waals surface area (Å²) in [7, 11) is -3.76. The Balaban J connectivity index is 1.57. The van der Waals surface area contributed by atoms with Gasteiger partial charge in [-0.2, -0.15) is 0 Å². The first-order valence-electron chi connectivity index (χ1n) is 10.3. The summed E-state index contributed by atoms with van der Waals surface area (Å²) in [6, 6.07) is 13.3. The Morgan fingerprint density at radius 2 is 1.79 bits per heavy atom. The molecule has 0 spiro atoms. The lowest BCUT2D eigenvalue weighted by molar-refractivity contribution is -0.904. The van der Waals surface area contributed by atoms with Crippen molar-refractivity contribution in [3.05, 3.63) is 59.7 Å². The third kappa shape index (κ3) is 6.30. The quantitative estimate of drug-likeness (QED) is 0.576. The molecule has 1 aliphatic heterocycles. The van der Waals surface area contributed by atoms with Gasteiger partial charge < -0.3 is 10.2 Å². The van der Waals surface area contributed by atoms with Gasteiger partial charge in [0, 0.05) is 24.2 Å². The number of rotatable bonds is 8. The molecule has 29 heavy (non-hydrogen) atoms. The summed E-state index contributed by atoms with van der Waals surface area (Å²) in [5, 5.41) is 2.91. The number of carbonyl (C=O) groups excluding carboxylic acids is 1. The highest BCUT2D eigenvalue weighted by Gasteiger charge is 2.17. The molecule has 0 aromatic heterocycles. The molecule has 1 aliphatic rings. The second-order valence-electron chi connectivity index (χ2n) is 7.67. The van der Waals surface area contributed by atoms with Crippen LogP contribution in [0, 0.1) is 6.92 Å². The Morgan fingerprint density at radius 1 is 1.03 bits per heavy atom. The van der Waals surface area contributed by atoms with Gasteiger partial charge in [0.25, 0.3) is 15.9 Å². The van der Waals surface area contributed by atoms with Crippen LogP contribution in [0.15, 0.2) is 53.4 Å². The minimum Gasteiger partial charge on any atom is -0.352 e. The van der Waals surface area contributed by atoms with Crippen molar-refractivity contribution in [2.24, 2.45) is 0 Å². The number of benzene rings is 2.